The van der Waals surface area contributed by atoms with Crippen LogP contribution in [0.25, 0.3) is 0 Å². The predicted octanol–water partition coefficient (Wildman–Crippen LogP) is 0.516. The molecule has 2 aliphatic heterocycles. The van der Waals surface area contributed by atoms with E-state index < -0.39 is 5.97 Å². The van der Waals surface area contributed by atoms with E-state index in [-0.39, 0.29) is 31.0 Å². The van der Waals surface area contributed by atoms with Gasteiger partial charge >= 0.3 is 5.97 Å². The summed E-state index contributed by atoms with van der Waals surface area (Å²) >= 11 is 0. The van der Waals surface area contributed by atoms with Gasteiger partial charge in [-0.2, -0.15) is 0 Å². The van der Waals surface area contributed by atoms with Crippen molar-refractivity contribution in [2.75, 3.05) is 37.6 Å². The zero-order chi connectivity index (χ0) is 18.7. The molecule has 8 nitrogen and oxygen atoms in total. The van der Waals surface area contributed by atoms with E-state index in [9.17, 15) is 9.59 Å². The molecular formula is C18H25N5O3. The molecule has 2 aliphatic rings. The Morgan fingerprint density at radius 1 is 1.19 bits per heavy atom. The maximum atomic E-state index is 12.7. The maximum absolute atomic E-state index is 12.7. The van der Waals surface area contributed by atoms with E-state index >= 15 is 0 Å². The Bertz CT molecular complexity index is 691. The van der Waals surface area contributed by atoms with Crippen molar-refractivity contribution in [3.63, 3.8) is 0 Å². The minimum absolute atomic E-state index is 0.00326. The van der Waals surface area contributed by atoms with Gasteiger partial charge in [-0.15, -0.1) is 0 Å². The summed E-state index contributed by atoms with van der Waals surface area (Å²) in [4.78, 5) is 29.6. The van der Waals surface area contributed by atoms with Gasteiger partial charge in [0.1, 0.15) is 5.84 Å². The highest BCUT2D eigenvalue weighted by Crippen LogP contribution is 2.24. The summed E-state index contributed by atoms with van der Waals surface area (Å²) in [5, 5.41) is 16.6. The molecule has 0 spiro atoms. The number of likely N-dealkylation sites (tertiary alicyclic amines) is 1. The van der Waals surface area contributed by atoms with E-state index in [2.05, 4.69) is 4.90 Å². The molecule has 0 saturated carbocycles. The molecule has 0 aliphatic carbocycles. The van der Waals surface area contributed by atoms with E-state index in [1.807, 2.05) is 17.0 Å². The zero-order valence-corrected chi connectivity index (χ0v) is 14.7. The number of piperazine rings is 1. The van der Waals surface area contributed by atoms with Crippen LogP contribution < -0.4 is 10.6 Å². The van der Waals surface area contributed by atoms with Gasteiger partial charge in [0.25, 0.3) is 0 Å². The highest BCUT2D eigenvalue weighted by molar-refractivity contribution is 5.98. The zero-order valence-electron chi connectivity index (χ0n) is 14.7. The lowest BCUT2D eigenvalue weighted by molar-refractivity contribution is -0.141. The second kappa shape index (κ2) is 7.84. The molecule has 0 aromatic heterocycles. The number of aliphatic carboxylic acids is 1. The Morgan fingerprint density at radius 3 is 2.54 bits per heavy atom. The number of carbonyl (C=O) groups is 2. The van der Waals surface area contributed by atoms with Gasteiger partial charge in [-0.05, 0) is 43.5 Å². The second-order valence-electron chi connectivity index (χ2n) is 6.82. The minimum atomic E-state index is -0.826. The van der Waals surface area contributed by atoms with Gasteiger partial charge in [-0.25, -0.2) is 0 Å². The molecule has 1 aromatic rings. The van der Waals surface area contributed by atoms with Crippen LogP contribution in [0.2, 0.25) is 0 Å². The van der Waals surface area contributed by atoms with Crippen molar-refractivity contribution < 1.29 is 14.7 Å². The molecule has 140 valence electrons. The number of piperidine rings is 1. The number of carboxylic acid groups (broad SMARTS) is 1. The SMILES string of the molecule is N=C(N)c1ccc(N2CCN(C3CCCCN3CC(=O)O)CC2=O)cc1. The van der Waals surface area contributed by atoms with Crippen LogP contribution in [-0.4, -0.2) is 71.5 Å². The number of rotatable bonds is 5. The summed E-state index contributed by atoms with van der Waals surface area (Å²) in [6.07, 6.45) is 2.97. The van der Waals surface area contributed by atoms with Crippen molar-refractivity contribution in [1.82, 2.24) is 9.80 Å². The number of hydrogen-bond acceptors (Lipinski definition) is 5. The predicted molar refractivity (Wildman–Crippen MR) is 98.2 cm³/mol. The lowest BCUT2D eigenvalue weighted by Gasteiger charge is -2.45. The smallest absolute Gasteiger partial charge is 0.317 e. The van der Waals surface area contributed by atoms with Crippen molar-refractivity contribution in [2.45, 2.75) is 25.4 Å². The Labute approximate surface area is 152 Å². The molecule has 26 heavy (non-hydrogen) atoms. The van der Waals surface area contributed by atoms with Gasteiger partial charge in [-0.3, -0.25) is 24.8 Å². The molecule has 1 unspecified atom stereocenters. The van der Waals surface area contributed by atoms with E-state index in [4.69, 9.17) is 16.2 Å². The topological polar surface area (TPSA) is 114 Å². The third-order valence-corrected chi connectivity index (χ3v) is 5.08. The Morgan fingerprint density at radius 2 is 1.92 bits per heavy atom. The van der Waals surface area contributed by atoms with E-state index in [1.165, 1.54) is 0 Å². The van der Waals surface area contributed by atoms with Crippen LogP contribution in [0.3, 0.4) is 0 Å². The van der Waals surface area contributed by atoms with Crippen LogP contribution >= 0.6 is 0 Å². The van der Waals surface area contributed by atoms with Crippen LogP contribution in [0.1, 0.15) is 24.8 Å². The highest BCUT2D eigenvalue weighted by atomic mass is 16.4. The molecule has 1 aromatic carbocycles. The summed E-state index contributed by atoms with van der Waals surface area (Å²) in [6.45, 7) is 2.34. The lowest BCUT2D eigenvalue weighted by Crippen LogP contribution is -2.59. The van der Waals surface area contributed by atoms with Crippen molar-refractivity contribution in [3.8, 4) is 0 Å². The maximum Gasteiger partial charge on any atom is 0.317 e. The molecule has 0 bridgehead atoms. The standard InChI is InChI=1S/C18H25N5O3/c19-18(20)13-4-6-14(7-5-13)23-10-9-22(11-16(23)24)15-3-1-2-8-21(15)12-17(25)26/h4-7,15H,1-3,8-12H2,(H3,19,20)(H,25,26). The number of nitrogen functional groups attached to an aromatic ring is 1. The van der Waals surface area contributed by atoms with Crippen LogP contribution in [0.15, 0.2) is 24.3 Å². The molecule has 2 fully saturated rings. The molecule has 2 heterocycles. The van der Waals surface area contributed by atoms with Crippen LogP contribution in [0, 0.1) is 5.41 Å². The summed E-state index contributed by atoms with van der Waals surface area (Å²) in [5.41, 5.74) is 6.90. The average Bonchev–Trinajstić information content (AvgIpc) is 2.62. The highest BCUT2D eigenvalue weighted by Gasteiger charge is 2.34. The van der Waals surface area contributed by atoms with Gasteiger partial charge in [-0.1, -0.05) is 0 Å². The first-order valence-corrected chi connectivity index (χ1v) is 8.90. The van der Waals surface area contributed by atoms with Gasteiger partial charge in [0.05, 0.1) is 19.3 Å². The van der Waals surface area contributed by atoms with Crippen molar-refractivity contribution in [1.29, 1.82) is 5.41 Å². The van der Waals surface area contributed by atoms with E-state index in [0.29, 0.717) is 18.7 Å². The summed E-state index contributed by atoms with van der Waals surface area (Å²) < 4.78 is 0. The van der Waals surface area contributed by atoms with Gasteiger partial charge in [0, 0.05) is 30.9 Å². The molecule has 0 radical (unpaired) electrons. The largest absolute Gasteiger partial charge is 0.480 e. The fourth-order valence-corrected chi connectivity index (χ4v) is 3.78. The van der Waals surface area contributed by atoms with Crippen molar-refractivity contribution in [2.24, 2.45) is 5.73 Å². The van der Waals surface area contributed by atoms with Crippen molar-refractivity contribution >= 4 is 23.4 Å². The second-order valence-corrected chi connectivity index (χ2v) is 6.82. The Kier molecular flexibility index (Phi) is 5.53. The van der Waals surface area contributed by atoms with E-state index in [0.717, 1.165) is 31.5 Å². The molecule has 2 saturated heterocycles. The molecule has 3 rings (SSSR count). The van der Waals surface area contributed by atoms with Gasteiger partial charge < -0.3 is 15.7 Å². The first kappa shape index (κ1) is 18.3. The first-order chi connectivity index (χ1) is 12.5. The normalized spacial score (nSPS) is 22.4. The van der Waals surface area contributed by atoms with Crippen LogP contribution in [-0.2, 0) is 9.59 Å². The molecule has 1 amide bonds. The number of benzene rings is 1. The summed E-state index contributed by atoms with van der Waals surface area (Å²) in [7, 11) is 0. The number of amidine groups is 1. The molecule has 4 N–H and O–H groups in total. The minimum Gasteiger partial charge on any atom is -0.480 e. The third-order valence-electron chi connectivity index (χ3n) is 5.08. The molecule has 1 atom stereocenters. The monoisotopic (exact) mass is 359 g/mol. The lowest BCUT2D eigenvalue weighted by atomic mass is 10.1. The van der Waals surface area contributed by atoms with E-state index in [1.54, 1.807) is 17.0 Å². The first-order valence-electron chi connectivity index (χ1n) is 8.90. The van der Waals surface area contributed by atoms with Crippen LogP contribution in [0.4, 0.5) is 5.69 Å². The van der Waals surface area contributed by atoms with Crippen molar-refractivity contribution in [3.05, 3.63) is 29.8 Å². The number of carbonyl (C=O) groups excluding carboxylic acids is 1. The number of anilines is 1. The quantitative estimate of drug-likeness (QED) is 0.522. The van der Waals surface area contributed by atoms with Crippen LogP contribution in [0.5, 0.6) is 0 Å². The summed E-state index contributed by atoms with van der Waals surface area (Å²) in [5.74, 6) is -0.816. The summed E-state index contributed by atoms with van der Waals surface area (Å²) in [6, 6.07) is 7.10. The number of amides is 1. The number of nitrogens with one attached hydrogen (secondary N) is 1. The van der Waals surface area contributed by atoms with Gasteiger partial charge in [0.2, 0.25) is 5.91 Å². The third kappa shape index (κ3) is 4.03. The molecule has 8 heteroatoms. The fraction of sp³-hybridized carbons (Fsp3) is 0.500. The average molecular weight is 359 g/mol. The number of nitrogens with zero attached hydrogens (tertiary/aromatic N) is 3. The number of nitrogens with two attached hydrogens (primary N) is 1. The molecular weight excluding hydrogens is 334 g/mol. The number of carboxylic acids is 1. The fourth-order valence-electron chi connectivity index (χ4n) is 3.78. The Balaban J connectivity index is 1.66. The number of hydrogen-bond donors (Lipinski definition) is 3. The van der Waals surface area contributed by atoms with Gasteiger partial charge in [0.15, 0.2) is 0 Å². The Hall–Kier alpha value is -2.45.